The maximum Gasteiger partial charge on any atom is 0.387 e. The van der Waals surface area contributed by atoms with Crippen molar-refractivity contribution < 1.29 is 18.4 Å². The molecule has 21 heavy (non-hydrogen) atoms. The van der Waals surface area contributed by atoms with Crippen LogP contribution in [-0.4, -0.2) is 11.5 Å². The van der Waals surface area contributed by atoms with Crippen molar-refractivity contribution in [1.29, 1.82) is 0 Å². The molecule has 0 heterocycles. The number of halogens is 2. The van der Waals surface area contributed by atoms with Gasteiger partial charge in [-0.15, -0.1) is 0 Å². The predicted octanol–water partition coefficient (Wildman–Crippen LogP) is 4.06. The van der Waals surface area contributed by atoms with Crippen LogP contribution in [0.4, 0.5) is 8.78 Å². The van der Waals surface area contributed by atoms with Crippen LogP contribution < -0.4 is 4.74 Å². The maximum atomic E-state index is 12.3. The Labute approximate surface area is 119 Å². The van der Waals surface area contributed by atoms with E-state index in [2.05, 4.69) is 4.74 Å². The van der Waals surface area contributed by atoms with E-state index in [-0.39, 0.29) is 17.0 Å². The number of hydrogen-bond acceptors (Lipinski definition) is 3. The summed E-state index contributed by atoms with van der Waals surface area (Å²) in [7, 11) is 0. The second-order valence-electron chi connectivity index (χ2n) is 4.07. The average Bonchev–Trinajstić information content (AvgIpc) is 2.46. The van der Waals surface area contributed by atoms with Crippen LogP contribution in [-0.2, 0) is 0 Å². The Morgan fingerprint density at radius 2 is 1.71 bits per heavy atom. The van der Waals surface area contributed by atoms with Gasteiger partial charge < -0.3 is 4.74 Å². The van der Waals surface area contributed by atoms with Gasteiger partial charge in [0.2, 0.25) is 0 Å². The number of nitro groups is 1. The van der Waals surface area contributed by atoms with Crippen molar-refractivity contribution in [1.82, 2.24) is 0 Å². The lowest BCUT2D eigenvalue weighted by Gasteiger charge is -2.07. The summed E-state index contributed by atoms with van der Waals surface area (Å²) in [4.78, 5) is 10.6. The number of hydrogen-bond donors (Lipinski definition) is 0. The minimum atomic E-state index is -2.99. The molecule has 0 aliphatic carbocycles. The highest BCUT2D eigenvalue weighted by Crippen LogP contribution is 2.26. The smallest absolute Gasteiger partial charge is 0.387 e. The summed E-state index contributed by atoms with van der Waals surface area (Å²) < 4.78 is 29.0. The molecular weight excluding hydrogens is 280 g/mol. The second kappa shape index (κ2) is 6.60. The average molecular weight is 291 g/mol. The van der Waals surface area contributed by atoms with Crippen LogP contribution in [0, 0.1) is 10.1 Å². The minimum absolute atomic E-state index is 0.109. The summed E-state index contributed by atoms with van der Waals surface area (Å²) in [6, 6.07) is 14.1. The molecule has 0 bridgehead atoms. The molecule has 6 heteroatoms. The van der Waals surface area contributed by atoms with Gasteiger partial charge in [-0.3, -0.25) is 10.1 Å². The van der Waals surface area contributed by atoms with Crippen LogP contribution in [0.3, 0.4) is 0 Å². The number of rotatable bonds is 5. The summed E-state index contributed by atoms with van der Waals surface area (Å²) in [6.45, 7) is -2.99. The number of para-hydroxylation sites is 1. The molecule has 0 amide bonds. The van der Waals surface area contributed by atoms with Gasteiger partial charge in [-0.05, 0) is 18.2 Å². The number of ether oxygens (including phenoxy) is 1. The zero-order valence-corrected chi connectivity index (χ0v) is 10.8. The summed E-state index contributed by atoms with van der Waals surface area (Å²) >= 11 is 0. The highest BCUT2D eigenvalue weighted by atomic mass is 19.3. The lowest BCUT2D eigenvalue weighted by Crippen LogP contribution is -2.04. The molecule has 2 rings (SSSR count). The Kier molecular flexibility index (Phi) is 4.61. The summed E-state index contributed by atoms with van der Waals surface area (Å²) in [6.07, 6.45) is 1.22. The van der Waals surface area contributed by atoms with Gasteiger partial charge in [0.25, 0.3) is 5.70 Å². The Morgan fingerprint density at radius 1 is 1.10 bits per heavy atom. The molecule has 0 saturated carbocycles. The molecule has 4 nitrogen and oxygen atoms in total. The minimum Gasteiger partial charge on any atom is -0.434 e. The van der Waals surface area contributed by atoms with Gasteiger partial charge in [0.1, 0.15) is 5.75 Å². The van der Waals surface area contributed by atoms with E-state index in [1.807, 2.05) is 0 Å². The van der Waals surface area contributed by atoms with E-state index in [9.17, 15) is 18.9 Å². The van der Waals surface area contributed by atoms with E-state index >= 15 is 0 Å². The fourth-order valence-corrected chi connectivity index (χ4v) is 1.80. The Balaban J connectivity index is 2.47. The first kappa shape index (κ1) is 14.6. The van der Waals surface area contributed by atoms with Crippen molar-refractivity contribution in [2.75, 3.05) is 0 Å². The van der Waals surface area contributed by atoms with Gasteiger partial charge in [-0.2, -0.15) is 8.78 Å². The van der Waals surface area contributed by atoms with E-state index in [0.29, 0.717) is 5.56 Å². The highest BCUT2D eigenvalue weighted by molar-refractivity contribution is 5.78. The third-order valence-corrected chi connectivity index (χ3v) is 2.69. The van der Waals surface area contributed by atoms with Gasteiger partial charge >= 0.3 is 6.61 Å². The molecule has 0 saturated heterocycles. The van der Waals surface area contributed by atoms with Crippen LogP contribution >= 0.6 is 0 Å². The van der Waals surface area contributed by atoms with Gasteiger partial charge in [-0.25, -0.2) is 0 Å². The maximum absolute atomic E-state index is 12.3. The Hall–Kier alpha value is -2.76. The molecule has 2 aromatic rings. The lowest BCUT2D eigenvalue weighted by molar-refractivity contribution is -0.374. The summed E-state index contributed by atoms with van der Waals surface area (Å²) in [5.41, 5.74) is 0.406. The van der Waals surface area contributed by atoms with Crippen LogP contribution in [0.15, 0.2) is 54.6 Å². The molecule has 0 N–H and O–H groups in total. The molecule has 2 aromatic carbocycles. The topological polar surface area (TPSA) is 52.4 Å². The summed E-state index contributed by atoms with van der Waals surface area (Å²) in [5.74, 6) is -0.109. The number of nitrogens with zero attached hydrogens (tertiary/aromatic N) is 1. The Morgan fingerprint density at radius 3 is 2.33 bits per heavy atom. The molecule has 0 aromatic heterocycles. The molecule has 0 radical (unpaired) electrons. The first-order valence-electron chi connectivity index (χ1n) is 6.03. The van der Waals surface area contributed by atoms with Gasteiger partial charge in [0.05, 0.1) is 10.5 Å². The number of benzene rings is 2. The zero-order chi connectivity index (χ0) is 15.2. The fourth-order valence-electron chi connectivity index (χ4n) is 1.80. The van der Waals surface area contributed by atoms with Gasteiger partial charge in [0, 0.05) is 11.6 Å². The van der Waals surface area contributed by atoms with Crippen molar-refractivity contribution in [2.45, 2.75) is 6.61 Å². The molecule has 0 aliphatic rings. The van der Waals surface area contributed by atoms with Crippen molar-refractivity contribution in [3.8, 4) is 5.75 Å². The van der Waals surface area contributed by atoms with E-state index in [1.54, 1.807) is 36.4 Å². The normalized spacial score (nSPS) is 11.5. The van der Waals surface area contributed by atoms with Crippen molar-refractivity contribution in [2.24, 2.45) is 0 Å². The second-order valence-corrected chi connectivity index (χ2v) is 4.07. The summed E-state index contributed by atoms with van der Waals surface area (Å²) in [5, 5.41) is 11.2. The van der Waals surface area contributed by atoms with E-state index < -0.39 is 11.5 Å². The van der Waals surface area contributed by atoms with Gasteiger partial charge in [0.15, 0.2) is 0 Å². The highest BCUT2D eigenvalue weighted by Gasteiger charge is 2.16. The number of alkyl halides is 2. The molecule has 108 valence electrons. The van der Waals surface area contributed by atoms with E-state index in [0.717, 1.165) is 0 Å². The molecule has 0 fully saturated rings. The van der Waals surface area contributed by atoms with Crippen molar-refractivity contribution in [3.05, 3.63) is 75.8 Å². The van der Waals surface area contributed by atoms with E-state index in [4.69, 9.17) is 0 Å². The third-order valence-electron chi connectivity index (χ3n) is 2.69. The lowest BCUT2D eigenvalue weighted by atomic mass is 10.1. The van der Waals surface area contributed by atoms with Crippen LogP contribution in [0.25, 0.3) is 11.8 Å². The molecule has 0 aliphatic heterocycles. The molecule has 0 atom stereocenters. The third kappa shape index (κ3) is 3.85. The molecular formula is C15H11F2NO3. The molecule has 0 spiro atoms. The largest absolute Gasteiger partial charge is 0.434 e. The standard InChI is InChI=1S/C15H11F2NO3/c16-15(17)21-14-9-5-4-8-12(14)10-13(18(19)20)11-6-2-1-3-7-11/h1-10,15H. The van der Waals surface area contributed by atoms with Gasteiger partial charge in [-0.1, -0.05) is 36.4 Å². The Bertz CT molecular complexity index is 657. The quantitative estimate of drug-likeness (QED) is 0.474. The van der Waals surface area contributed by atoms with Crippen LogP contribution in [0.2, 0.25) is 0 Å². The fraction of sp³-hybridized carbons (Fsp3) is 0.0667. The molecule has 0 unspecified atom stereocenters. The van der Waals surface area contributed by atoms with Crippen molar-refractivity contribution in [3.63, 3.8) is 0 Å². The van der Waals surface area contributed by atoms with Crippen LogP contribution in [0.5, 0.6) is 5.75 Å². The SMILES string of the molecule is O=[N+]([O-])C(=Cc1ccccc1OC(F)F)c1ccccc1. The monoisotopic (exact) mass is 291 g/mol. The first-order valence-corrected chi connectivity index (χ1v) is 6.03. The van der Waals surface area contributed by atoms with E-state index in [1.165, 1.54) is 24.3 Å². The first-order chi connectivity index (χ1) is 10.1. The zero-order valence-electron chi connectivity index (χ0n) is 10.8. The predicted molar refractivity (Wildman–Crippen MR) is 74.4 cm³/mol. The van der Waals surface area contributed by atoms with Crippen LogP contribution in [0.1, 0.15) is 11.1 Å². The van der Waals surface area contributed by atoms with Crippen molar-refractivity contribution >= 4 is 11.8 Å².